The largest absolute Gasteiger partial charge is 0.326 e. The molecule has 5 nitrogen and oxygen atoms in total. The minimum Gasteiger partial charge on any atom is -0.305 e. The Kier molecular flexibility index (Phi) is 5.97. The molecule has 0 aliphatic heterocycles. The zero-order valence-electron chi connectivity index (χ0n) is 13.1. The summed E-state index contributed by atoms with van der Waals surface area (Å²) in [5.74, 6) is -1.54. The second-order valence-corrected chi connectivity index (χ2v) is 5.25. The van der Waals surface area contributed by atoms with Crippen molar-refractivity contribution in [3.05, 3.63) is 65.7 Å². The summed E-state index contributed by atoms with van der Waals surface area (Å²) in [5, 5.41) is 4.34. The quantitative estimate of drug-likeness (QED) is 0.884. The van der Waals surface area contributed by atoms with Gasteiger partial charge in [0, 0.05) is 12.1 Å². The lowest BCUT2D eigenvalue weighted by atomic mass is 10.2. The van der Waals surface area contributed by atoms with Gasteiger partial charge in [-0.25, -0.2) is 13.6 Å². The van der Waals surface area contributed by atoms with E-state index in [2.05, 4.69) is 10.6 Å². The average molecular weight is 333 g/mol. The van der Waals surface area contributed by atoms with Crippen LogP contribution in [0.5, 0.6) is 0 Å². The average Bonchev–Trinajstić information content (AvgIpc) is 2.51. The second-order valence-electron chi connectivity index (χ2n) is 5.25. The minimum absolute atomic E-state index is 0.0255. The van der Waals surface area contributed by atoms with Gasteiger partial charge in [-0.3, -0.25) is 15.0 Å². The number of imide groups is 1. The molecule has 7 heteroatoms. The predicted octanol–water partition coefficient (Wildman–Crippen LogP) is 2.74. The first-order valence-electron chi connectivity index (χ1n) is 7.23. The van der Waals surface area contributed by atoms with Gasteiger partial charge in [0.25, 0.3) is 0 Å². The van der Waals surface area contributed by atoms with Crippen molar-refractivity contribution in [2.45, 2.75) is 6.54 Å². The molecule has 2 aromatic carbocycles. The fraction of sp³-hybridized carbons (Fsp3) is 0.176. The maximum Gasteiger partial charge on any atom is 0.326 e. The number of amides is 3. The Hall–Kier alpha value is -2.80. The van der Waals surface area contributed by atoms with Gasteiger partial charge in [-0.05, 0) is 25.2 Å². The van der Waals surface area contributed by atoms with Gasteiger partial charge in [0.15, 0.2) is 0 Å². The molecule has 2 aromatic rings. The molecule has 0 radical (unpaired) electrons. The van der Waals surface area contributed by atoms with Crippen LogP contribution in [0.4, 0.5) is 19.3 Å². The van der Waals surface area contributed by atoms with Crippen molar-refractivity contribution in [3.8, 4) is 0 Å². The highest BCUT2D eigenvalue weighted by Gasteiger charge is 2.13. The van der Waals surface area contributed by atoms with Crippen LogP contribution in [0.2, 0.25) is 0 Å². The van der Waals surface area contributed by atoms with Crippen LogP contribution in [0.3, 0.4) is 0 Å². The maximum atomic E-state index is 13.6. The van der Waals surface area contributed by atoms with E-state index in [1.54, 1.807) is 36.2 Å². The molecular weight excluding hydrogens is 316 g/mol. The van der Waals surface area contributed by atoms with Crippen LogP contribution in [0.15, 0.2) is 48.5 Å². The Morgan fingerprint density at radius 3 is 2.29 bits per heavy atom. The van der Waals surface area contributed by atoms with Crippen LogP contribution >= 0.6 is 0 Å². The van der Waals surface area contributed by atoms with E-state index >= 15 is 0 Å². The molecule has 0 spiro atoms. The first kappa shape index (κ1) is 17.6. The molecule has 0 bridgehead atoms. The van der Waals surface area contributed by atoms with Crippen molar-refractivity contribution < 1.29 is 18.4 Å². The van der Waals surface area contributed by atoms with Gasteiger partial charge in [-0.2, -0.15) is 0 Å². The van der Waals surface area contributed by atoms with Crippen LogP contribution in [-0.4, -0.2) is 30.4 Å². The second kappa shape index (κ2) is 8.16. The number of hydrogen-bond donors (Lipinski definition) is 2. The Bertz CT molecular complexity index is 737. The number of rotatable bonds is 5. The van der Waals surface area contributed by atoms with E-state index in [1.165, 1.54) is 24.3 Å². The van der Waals surface area contributed by atoms with Crippen molar-refractivity contribution >= 4 is 17.6 Å². The van der Waals surface area contributed by atoms with Crippen LogP contribution in [0.1, 0.15) is 5.56 Å². The highest BCUT2D eigenvalue weighted by atomic mass is 19.1. The number of nitrogens with zero attached hydrogens (tertiary/aromatic N) is 1. The zero-order chi connectivity index (χ0) is 17.5. The van der Waals surface area contributed by atoms with E-state index in [0.29, 0.717) is 5.56 Å². The van der Waals surface area contributed by atoms with Gasteiger partial charge in [0.05, 0.1) is 12.2 Å². The highest BCUT2D eigenvalue weighted by molar-refractivity contribution is 6.01. The van der Waals surface area contributed by atoms with Gasteiger partial charge in [0.2, 0.25) is 5.91 Å². The van der Waals surface area contributed by atoms with Gasteiger partial charge < -0.3 is 5.32 Å². The van der Waals surface area contributed by atoms with Crippen molar-refractivity contribution in [1.29, 1.82) is 0 Å². The Morgan fingerprint density at radius 2 is 1.62 bits per heavy atom. The van der Waals surface area contributed by atoms with Crippen LogP contribution in [-0.2, 0) is 11.3 Å². The third-order valence-electron chi connectivity index (χ3n) is 3.19. The summed E-state index contributed by atoms with van der Waals surface area (Å²) in [7, 11) is 1.63. The SMILES string of the molecule is CN(CC(=O)NC(=O)Nc1ccccc1F)Cc1ccccc1F. The highest BCUT2D eigenvalue weighted by Crippen LogP contribution is 2.12. The topological polar surface area (TPSA) is 61.4 Å². The molecule has 126 valence electrons. The van der Waals surface area contributed by atoms with E-state index in [0.717, 1.165) is 0 Å². The van der Waals surface area contributed by atoms with Crippen molar-refractivity contribution in [2.75, 3.05) is 18.9 Å². The molecule has 0 aromatic heterocycles. The molecule has 0 saturated carbocycles. The molecule has 0 saturated heterocycles. The number of anilines is 1. The van der Waals surface area contributed by atoms with E-state index in [9.17, 15) is 18.4 Å². The summed E-state index contributed by atoms with van der Waals surface area (Å²) in [6, 6.07) is 11.0. The normalized spacial score (nSPS) is 10.5. The number of nitrogens with one attached hydrogen (secondary N) is 2. The summed E-state index contributed by atoms with van der Waals surface area (Å²) in [5.41, 5.74) is 0.422. The summed E-state index contributed by atoms with van der Waals surface area (Å²) >= 11 is 0. The van der Waals surface area contributed by atoms with Crippen molar-refractivity contribution in [2.24, 2.45) is 0 Å². The molecule has 2 N–H and O–H groups in total. The van der Waals surface area contributed by atoms with Crippen molar-refractivity contribution in [3.63, 3.8) is 0 Å². The van der Waals surface area contributed by atoms with Gasteiger partial charge >= 0.3 is 6.03 Å². The van der Waals surface area contributed by atoms with Gasteiger partial charge in [-0.1, -0.05) is 30.3 Å². The van der Waals surface area contributed by atoms with Crippen LogP contribution < -0.4 is 10.6 Å². The minimum atomic E-state index is -0.829. The molecule has 0 aliphatic carbocycles. The van der Waals surface area contributed by atoms with Gasteiger partial charge in [-0.15, -0.1) is 0 Å². The van der Waals surface area contributed by atoms with Crippen LogP contribution in [0.25, 0.3) is 0 Å². The standard InChI is InChI=1S/C17H17F2N3O2/c1-22(10-12-6-2-3-7-13(12)18)11-16(23)21-17(24)20-15-9-5-4-8-14(15)19/h2-9H,10-11H2,1H3,(H2,20,21,23,24). The monoisotopic (exact) mass is 333 g/mol. The lowest BCUT2D eigenvalue weighted by molar-refractivity contribution is -0.120. The summed E-state index contributed by atoms with van der Waals surface area (Å²) in [4.78, 5) is 25.1. The van der Waals surface area contributed by atoms with E-state index in [1.807, 2.05) is 0 Å². The number of halogens is 2. The summed E-state index contributed by atoms with van der Waals surface area (Å²) in [6.07, 6.45) is 0. The maximum absolute atomic E-state index is 13.6. The van der Waals surface area contributed by atoms with E-state index in [-0.39, 0.29) is 24.6 Å². The molecule has 0 unspecified atom stereocenters. The van der Waals surface area contributed by atoms with Gasteiger partial charge in [0.1, 0.15) is 11.6 Å². The molecular formula is C17H17F2N3O2. The molecule has 0 heterocycles. The van der Waals surface area contributed by atoms with Crippen molar-refractivity contribution in [1.82, 2.24) is 10.2 Å². The number of carbonyl (C=O) groups is 2. The number of para-hydroxylation sites is 1. The summed E-state index contributed by atoms with van der Waals surface area (Å²) in [6.45, 7) is 0.105. The number of benzene rings is 2. The molecule has 0 aliphatic rings. The fourth-order valence-corrected chi connectivity index (χ4v) is 2.10. The smallest absolute Gasteiger partial charge is 0.305 e. The Morgan fingerprint density at radius 1 is 1.00 bits per heavy atom. The first-order chi connectivity index (χ1) is 11.5. The number of hydrogen-bond acceptors (Lipinski definition) is 3. The lowest BCUT2D eigenvalue weighted by Gasteiger charge is -2.16. The molecule has 3 amide bonds. The first-order valence-corrected chi connectivity index (χ1v) is 7.23. The third-order valence-corrected chi connectivity index (χ3v) is 3.19. The molecule has 0 fully saturated rings. The molecule has 24 heavy (non-hydrogen) atoms. The molecule has 0 atom stereocenters. The van der Waals surface area contributed by atoms with E-state index in [4.69, 9.17) is 0 Å². The van der Waals surface area contributed by atoms with E-state index < -0.39 is 17.8 Å². The number of carbonyl (C=O) groups excluding carboxylic acids is 2. The number of likely N-dealkylation sites (N-methyl/N-ethyl adjacent to an activating group) is 1. The lowest BCUT2D eigenvalue weighted by Crippen LogP contribution is -2.40. The van der Waals surface area contributed by atoms with Crippen LogP contribution in [0, 0.1) is 11.6 Å². The fourth-order valence-electron chi connectivity index (χ4n) is 2.10. The number of urea groups is 1. The Balaban J connectivity index is 1.83. The Labute approximate surface area is 138 Å². The predicted molar refractivity (Wildman–Crippen MR) is 86.3 cm³/mol. The summed E-state index contributed by atoms with van der Waals surface area (Å²) < 4.78 is 27.0. The third kappa shape index (κ3) is 5.13. The zero-order valence-corrected chi connectivity index (χ0v) is 13.1. The molecule has 2 rings (SSSR count).